The van der Waals surface area contributed by atoms with Crippen LogP contribution in [-0.2, 0) is 16.0 Å². The molecule has 2 saturated heterocycles. The van der Waals surface area contributed by atoms with Crippen LogP contribution in [0.1, 0.15) is 51.0 Å². The maximum atomic E-state index is 6.39. The fourth-order valence-corrected chi connectivity index (χ4v) is 4.73. The highest BCUT2D eigenvalue weighted by atomic mass is 127. The van der Waals surface area contributed by atoms with E-state index in [9.17, 15) is 0 Å². The highest BCUT2D eigenvalue weighted by Gasteiger charge is 2.32. The molecule has 180 valence electrons. The zero-order valence-electron chi connectivity index (χ0n) is 19.4. The lowest BCUT2D eigenvalue weighted by molar-refractivity contribution is -0.0817. The van der Waals surface area contributed by atoms with Gasteiger partial charge in [-0.15, -0.1) is 24.0 Å². The Bertz CT molecular complexity index is 736. The summed E-state index contributed by atoms with van der Waals surface area (Å²) in [7, 11) is 1.70. The molecule has 1 aromatic carbocycles. The van der Waals surface area contributed by atoms with Crippen LogP contribution in [-0.4, -0.2) is 69.1 Å². The Balaban J connectivity index is 0.00000289. The molecule has 0 bridgehead atoms. The van der Waals surface area contributed by atoms with Crippen molar-refractivity contribution < 1.29 is 18.9 Å². The summed E-state index contributed by atoms with van der Waals surface area (Å²) in [4.78, 5) is 7.28. The zero-order valence-corrected chi connectivity index (χ0v) is 21.7. The number of morpholine rings is 1. The average molecular weight is 559 g/mol. The maximum absolute atomic E-state index is 6.39. The van der Waals surface area contributed by atoms with Gasteiger partial charge in [-0.25, -0.2) is 4.99 Å². The molecule has 0 spiro atoms. The molecule has 32 heavy (non-hydrogen) atoms. The van der Waals surface area contributed by atoms with Gasteiger partial charge in [0.15, 0.2) is 17.5 Å². The Morgan fingerprint density at radius 1 is 1.12 bits per heavy atom. The number of nitrogens with one attached hydrogen (secondary N) is 1. The van der Waals surface area contributed by atoms with Crippen molar-refractivity contribution in [3.05, 3.63) is 23.8 Å². The van der Waals surface area contributed by atoms with Crippen molar-refractivity contribution in [2.45, 2.75) is 70.3 Å². The molecule has 1 saturated carbocycles. The van der Waals surface area contributed by atoms with Gasteiger partial charge >= 0.3 is 0 Å². The Morgan fingerprint density at radius 2 is 1.94 bits per heavy atom. The van der Waals surface area contributed by atoms with Gasteiger partial charge in [0.25, 0.3) is 0 Å². The van der Waals surface area contributed by atoms with Crippen molar-refractivity contribution in [2.24, 2.45) is 4.99 Å². The molecule has 1 aliphatic carbocycles. The van der Waals surface area contributed by atoms with Crippen LogP contribution in [0.15, 0.2) is 23.2 Å². The quantitative estimate of drug-likeness (QED) is 0.310. The van der Waals surface area contributed by atoms with Crippen LogP contribution in [0.2, 0.25) is 0 Å². The molecule has 0 aromatic heterocycles. The van der Waals surface area contributed by atoms with E-state index in [0.717, 1.165) is 74.9 Å². The van der Waals surface area contributed by atoms with Gasteiger partial charge in [-0.3, -0.25) is 0 Å². The standard InChI is InChI=1S/C24H37N3O4.HI/c1-3-25-24(27-13-15-30-22(17-27)20-12-7-14-29-20)26-16-18-8-6-11-21(28-2)23(18)31-19-9-4-5-10-19;/h6,8,11,19-20,22H,3-5,7,9-10,12-17H2,1-2H3,(H,25,26);1H. The highest BCUT2D eigenvalue weighted by Crippen LogP contribution is 2.35. The molecule has 3 aliphatic rings. The van der Waals surface area contributed by atoms with Crippen molar-refractivity contribution in [2.75, 3.05) is 40.0 Å². The normalized spacial score (nSPS) is 24.3. The van der Waals surface area contributed by atoms with Gasteiger partial charge in [-0.2, -0.15) is 0 Å². The van der Waals surface area contributed by atoms with Crippen molar-refractivity contribution in [1.82, 2.24) is 10.2 Å². The van der Waals surface area contributed by atoms with Crippen molar-refractivity contribution in [1.29, 1.82) is 0 Å². The third-order valence-corrected chi connectivity index (χ3v) is 6.37. The van der Waals surface area contributed by atoms with Crippen molar-refractivity contribution in [3.8, 4) is 11.5 Å². The third-order valence-electron chi connectivity index (χ3n) is 6.37. The molecule has 1 aromatic rings. The molecular formula is C24H38IN3O4. The van der Waals surface area contributed by atoms with Gasteiger partial charge in [0.2, 0.25) is 0 Å². The van der Waals surface area contributed by atoms with Gasteiger partial charge in [-0.05, 0) is 51.5 Å². The molecule has 0 amide bonds. The SMILES string of the molecule is CCNC(=NCc1cccc(OC)c1OC1CCCC1)N1CCOC(C2CCCO2)C1.I. The molecule has 2 aliphatic heterocycles. The predicted octanol–water partition coefficient (Wildman–Crippen LogP) is 3.98. The minimum Gasteiger partial charge on any atom is -0.493 e. The summed E-state index contributed by atoms with van der Waals surface area (Å²) in [5, 5.41) is 3.46. The Morgan fingerprint density at radius 3 is 2.66 bits per heavy atom. The minimum absolute atomic E-state index is 0. The van der Waals surface area contributed by atoms with E-state index in [-0.39, 0.29) is 42.3 Å². The summed E-state index contributed by atoms with van der Waals surface area (Å²) >= 11 is 0. The number of aliphatic imine (C=N–C) groups is 1. The van der Waals surface area contributed by atoms with Crippen LogP contribution < -0.4 is 14.8 Å². The molecule has 7 nitrogen and oxygen atoms in total. The topological polar surface area (TPSA) is 64.6 Å². The summed E-state index contributed by atoms with van der Waals surface area (Å²) in [6.07, 6.45) is 7.49. The van der Waals surface area contributed by atoms with E-state index in [2.05, 4.69) is 23.2 Å². The number of halogens is 1. The molecule has 3 fully saturated rings. The first kappa shape index (κ1) is 25.4. The van der Waals surface area contributed by atoms with E-state index in [0.29, 0.717) is 13.2 Å². The number of nitrogens with zero attached hydrogens (tertiary/aromatic N) is 2. The number of hydrogen-bond acceptors (Lipinski definition) is 5. The summed E-state index contributed by atoms with van der Waals surface area (Å²) in [5.41, 5.74) is 1.06. The fraction of sp³-hybridized carbons (Fsp3) is 0.708. The monoisotopic (exact) mass is 559 g/mol. The summed E-state index contributed by atoms with van der Waals surface area (Å²) in [6, 6.07) is 6.07. The molecule has 2 heterocycles. The summed E-state index contributed by atoms with van der Waals surface area (Å²) in [5.74, 6) is 2.55. The Hall–Kier alpha value is -1.26. The average Bonchev–Trinajstić information content (AvgIpc) is 3.52. The number of ether oxygens (including phenoxy) is 4. The number of guanidine groups is 1. The molecule has 8 heteroatoms. The zero-order chi connectivity index (χ0) is 21.5. The van der Waals surface area contributed by atoms with E-state index in [4.69, 9.17) is 23.9 Å². The maximum Gasteiger partial charge on any atom is 0.194 e. The molecule has 0 radical (unpaired) electrons. The van der Waals surface area contributed by atoms with Gasteiger partial charge in [-0.1, -0.05) is 12.1 Å². The van der Waals surface area contributed by atoms with Gasteiger partial charge < -0.3 is 29.2 Å². The van der Waals surface area contributed by atoms with Gasteiger partial charge in [0, 0.05) is 31.8 Å². The predicted molar refractivity (Wildman–Crippen MR) is 136 cm³/mol. The van der Waals surface area contributed by atoms with Crippen LogP contribution in [0, 0.1) is 0 Å². The first-order valence-electron chi connectivity index (χ1n) is 11.9. The second-order valence-corrected chi connectivity index (χ2v) is 8.55. The second kappa shape index (κ2) is 12.8. The van der Waals surface area contributed by atoms with Crippen LogP contribution in [0.25, 0.3) is 0 Å². The van der Waals surface area contributed by atoms with Gasteiger partial charge in [0.1, 0.15) is 6.10 Å². The lowest BCUT2D eigenvalue weighted by Gasteiger charge is -2.37. The molecule has 2 unspecified atom stereocenters. The highest BCUT2D eigenvalue weighted by molar-refractivity contribution is 14.0. The Kier molecular flexibility index (Phi) is 10.2. The summed E-state index contributed by atoms with van der Waals surface area (Å²) in [6.45, 7) is 6.66. The van der Waals surface area contributed by atoms with E-state index in [1.165, 1.54) is 12.8 Å². The molecule has 4 rings (SSSR count). The molecule has 2 atom stereocenters. The number of rotatable bonds is 7. The fourth-order valence-electron chi connectivity index (χ4n) is 4.73. The molecular weight excluding hydrogens is 521 g/mol. The second-order valence-electron chi connectivity index (χ2n) is 8.55. The number of para-hydroxylation sites is 1. The largest absolute Gasteiger partial charge is 0.493 e. The van der Waals surface area contributed by atoms with Crippen LogP contribution in [0.4, 0.5) is 0 Å². The minimum atomic E-state index is 0. The summed E-state index contributed by atoms with van der Waals surface area (Å²) < 4.78 is 23.9. The number of hydrogen-bond donors (Lipinski definition) is 1. The molecule has 1 N–H and O–H groups in total. The van der Waals surface area contributed by atoms with E-state index < -0.39 is 0 Å². The van der Waals surface area contributed by atoms with Crippen LogP contribution in [0.3, 0.4) is 0 Å². The van der Waals surface area contributed by atoms with Crippen molar-refractivity contribution in [3.63, 3.8) is 0 Å². The lowest BCUT2D eigenvalue weighted by atomic mass is 10.1. The number of methoxy groups -OCH3 is 1. The van der Waals surface area contributed by atoms with Crippen LogP contribution in [0.5, 0.6) is 11.5 Å². The Labute approximate surface area is 209 Å². The van der Waals surface area contributed by atoms with Crippen molar-refractivity contribution >= 4 is 29.9 Å². The van der Waals surface area contributed by atoms with Crippen LogP contribution >= 0.6 is 24.0 Å². The third kappa shape index (κ3) is 6.41. The van der Waals surface area contributed by atoms with E-state index in [1.807, 2.05) is 12.1 Å². The van der Waals surface area contributed by atoms with E-state index >= 15 is 0 Å². The first-order valence-corrected chi connectivity index (χ1v) is 11.9. The first-order chi connectivity index (χ1) is 15.3. The number of benzene rings is 1. The van der Waals surface area contributed by atoms with Gasteiger partial charge in [0.05, 0.1) is 32.5 Å². The smallest absolute Gasteiger partial charge is 0.194 e. The lowest BCUT2D eigenvalue weighted by Crippen LogP contribution is -2.53. The van der Waals surface area contributed by atoms with E-state index in [1.54, 1.807) is 7.11 Å².